The molecule has 0 aliphatic carbocycles. The Kier molecular flexibility index (Phi) is 2.36. The number of hydrogen-bond donors (Lipinski definition) is 0. The lowest BCUT2D eigenvalue weighted by atomic mass is 10.0. The molecule has 0 spiro atoms. The van der Waals surface area contributed by atoms with Crippen LogP contribution in [-0.4, -0.2) is 12.4 Å². The van der Waals surface area contributed by atoms with Crippen LogP contribution < -0.4 is 4.74 Å². The molecule has 3 heteroatoms. The summed E-state index contributed by atoms with van der Waals surface area (Å²) < 4.78 is 5.36. The van der Waals surface area contributed by atoms with E-state index in [1.807, 2.05) is 18.2 Å². The maximum Gasteiger partial charge on any atom is 0.170 e. The fourth-order valence-electron chi connectivity index (χ4n) is 1.39. The van der Waals surface area contributed by atoms with E-state index in [1.165, 1.54) is 0 Å². The van der Waals surface area contributed by atoms with E-state index in [1.54, 1.807) is 0 Å². The third-order valence-corrected chi connectivity index (χ3v) is 2.73. The van der Waals surface area contributed by atoms with Gasteiger partial charge in [-0.15, -0.1) is 0 Å². The van der Waals surface area contributed by atoms with Gasteiger partial charge >= 0.3 is 0 Å². The maximum atomic E-state index is 11.5. The Morgan fingerprint density at radius 3 is 3.08 bits per heavy atom. The molecule has 2 nitrogen and oxygen atoms in total. The van der Waals surface area contributed by atoms with Crippen molar-refractivity contribution >= 4 is 21.7 Å². The van der Waals surface area contributed by atoms with Gasteiger partial charge in [-0.25, -0.2) is 0 Å². The first-order valence-electron chi connectivity index (χ1n) is 4.16. The summed E-state index contributed by atoms with van der Waals surface area (Å²) in [6, 6.07) is 5.72. The van der Waals surface area contributed by atoms with Crippen molar-refractivity contribution in [1.29, 1.82) is 0 Å². The van der Waals surface area contributed by atoms with Crippen molar-refractivity contribution in [3.8, 4) is 5.75 Å². The van der Waals surface area contributed by atoms with Crippen molar-refractivity contribution in [3.05, 3.63) is 29.3 Å². The molecular weight excluding hydrogens is 232 g/mol. The Balaban J connectivity index is 2.47. The normalized spacial score (nSPS) is 15.0. The average molecular weight is 241 g/mol. The van der Waals surface area contributed by atoms with Gasteiger partial charge in [0, 0.05) is 11.8 Å². The second-order valence-corrected chi connectivity index (χ2v) is 3.55. The Hall–Kier alpha value is -0.830. The SMILES string of the molecule is O=C1CCOc2ccc(CBr)cc21. The van der Waals surface area contributed by atoms with Crippen LogP contribution in [0.3, 0.4) is 0 Å². The Labute approximate surface area is 85.0 Å². The van der Waals surface area contributed by atoms with E-state index in [2.05, 4.69) is 15.9 Å². The molecule has 0 bridgehead atoms. The fourth-order valence-corrected chi connectivity index (χ4v) is 1.74. The fraction of sp³-hybridized carbons (Fsp3) is 0.300. The average Bonchev–Trinajstić information content (AvgIpc) is 2.18. The molecule has 1 aliphatic heterocycles. The summed E-state index contributed by atoms with van der Waals surface area (Å²) in [7, 11) is 0. The van der Waals surface area contributed by atoms with Gasteiger partial charge in [0.15, 0.2) is 5.78 Å². The van der Waals surface area contributed by atoms with Gasteiger partial charge in [0.2, 0.25) is 0 Å². The third kappa shape index (κ3) is 1.61. The zero-order chi connectivity index (χ0) is 9.26. The van der Waals surface area contributed by atoms with E-state index in [4.69, 9.17) is 4.74 Å². The molecule has 13 heavy (non-hydrogen) atoms. The smallest absolute Gasteiger partial charge is 0.170 e. The summed E-state index contributed by atoms with van der Waals surface area (Å²) in [5.41, 5.74) is 1.83. The molecule has 1 aromatic rings. The van der Waals surface area contributed by atoms with Gasteiger partial charge in [0.25, 0.3) is 0 Å². The van der Waals surface area contributed by atoms with Gasteiger partial charge in [0.05, 0.1) is 12.2 Å². The van der Waals surface area contributed by atoms with Crippen molar-refractivity contribution < 1.29 is 9.53 Å². The van der Waals surface area contributed by atoms with E-state index >= 15 is 0 Å². The van der Waals surface area contributed by atoms with Crippen molar-refractivity contribution in [2.24, 2.45) is 0 Å². The van der Waals surface area contributed by atoms with Crippen LogP contribution in [0.2, 0.25) is 0 Å². The number of halogens is 1. The molecule has 0 saturated heterocycles. The third-order valence-electron chi connectivity index (χ3n) is 2.09. The minimum absolute atomic E-state index is 0.184. The second kappa shape index (κ2) is 3.50. The van der Waals surface area contributed by atoms with Crippen molar-refractivity contribution in [1.82, 2.24) is 0 Å². The zero-order valence-corrected chi connectivity index (χ0v) is 8.63. The molecule has 1 aromatic carbocycles. The number of Topliss-reactive ketones (excluding diaryl/α,β-unsaturated/α-hetero) is 1. The number of fused-ring (bicyclic) bond motifs is 1. The number of carbonyl (C=O) groups excluding carboxylic acids is 1. The van der Waals surface area contributed by atoms with Gasteiger partial charge in [-0.3, -0.25) is 4.79 Å². The minimum Gasteiger partial charge on any atom is -0.492 e. The Morgan fingerprint density at radius 2 is 2.31 bits per heavy atom. The van der Waals surface area contributed by atoms with Crippen molar-refractivity contribution in [3.63, 3.8) is 0 Å². The van der Waals surface area contributed by atoms with Crippen molar-refractivity contribution in [2.45, 2.75) is 11.8 Å². The molecule has 0 saturated carbocycles. The molecule has 0 unspecified atom stereocenters. The summed E-state index contributed by atoms with van der Waals surface area (Å²) in [6.07, 6.45) is 0.499. The number of ether oxygens (including phenoxy) is 1. The molecule has 0 aromatic heterocycles. The second-order valence-electron chi connectivity index (χ2n) is 2.99. The quantitative estimate of drug-likeness (QED) is 0.706. The molecule has 1 aliphatic rings. The highest BCUT2D eigenvalue weighted by Crippen LogP contribution is 2.26. The van der Waals surface area contributed by atoms with Gasteiger partial charge in [-0.1, -0.05) is 22.0 Å². The summed E-state index contributed by atoms with van der Waals surface area (Å²) in [5, 5.41) is 0.771. The summed E-state index contributed by atoms with van der Waals surface area (Å²) >= 11 is 3.35. The number of carbonyl (C=O) groups is 1. The van der Waals surface area contributed by atoms with Crippen LogP contribution >= 0.6 is 15.9 Å². The van der Waals surface area contributed by atoms with Crippen LogP contribution in [0.4, 0.5) is 0 Å². The summed E-state index contributed by atoms with van der Waals surface area (Å²) in [4.78, 5) is 11.5. The van der Waals surface area contributed by atoms with Crippen LogP contribution in [0.25, 0.3) is 0 Å². The lowest BCUT2D eigenvalue weighted by molar-refractivity contribution is 0.0933. The van der Waals surface area contributed by atoms with Gasteiger partial charge in [-0.05, 0) is 17.7 Å². The van der Waals surface area contributed by atoms with Gasteiger partial charge in [0.1, 0.15) is 5.75 Å². The summed E-state index contributed by atoms with van der Waals surface area (Å²) in [6.45, 7) is 0.513. The standard InChI is InChI=1S/C10H9BrO2/c11-6-7-1-2-10-8(5-7)9(12)3-4-13-10/h1-2,5H,3-4,6H2. The van der Waals surface area contributed by atoms with E-state index in [0.717, 1.165) is 22.2 Å². The lowest BCUT2D eigenvalue weighted by Crippen LogP contribution is -2.15. The minimum atomic E-state index is 0.184. The molecule has 68 valence electrons. The maximum absolute atomic E-state index is 11.5. The number of alkyl halides is 1. The zero-order valence-electron chi connectivity index (χ0n) is 7.05. The molecule has 2 rings (SSSR count). The first kappa shape index (κ1) is 8.75. The number of hydrogen-bond acceptors (Lipinski definition) is 2. The van der Waals surface area contributed by atoms with E-state index in [-0.39, 0.29) is 5.78 Å². The van der Waals surface area contributed by atoms with Gasteiger partial charge in [-0.2, -0.15) is 0 Å². The molecule has 0 atom stereocenters. The highest BCUT2D eigenvalue weighted by Gasteiger charge is 2.17. The van der Waals surface area contributed by atoms with E-state index in [9.17, 15) is 4.79 Å². The summed E-state index contributed by atoms with van der Waals surface area (Å²) in [5.74, 6) is 0.907. The molecule has 0 amide bonds. The highest BCUT2D eigenvalue weighted by molar-refractivity contribution is 9.08. The number of rotatable bonds is 1. The molecule has 0 fully saturated rings. The van der Waals surface area contributed by atoms with Crippen LogP contribution in [0.1, 0.15) is 22.3 Å². The van der Waals surface area contributed by atoms with E-state index < -0.39 is 0 Å². The van der Waals surface area contributed by atoms with Crippen LogP contribution in [0.15, 0.2) is 18.2 Å². The number of ketones is 1. The molecular formula is C10H9BrO2. The predicted molar refractivity (Wildman–Crippen MR) is 53.5 cm³/mol. The Bertz CT molecular complexity index is 347. The van der Waals surface area contributed by atoms with Crippen LogP contribution in [0, 0.1) is 0 Å². The van der Waals surface area contributed by atoms with Crippen LogP contribution in [-0.2, 0) is 5.33 Å². The van der Waals surface area contributed by atoms with E-state index in [0.29, 0.717) is 13.0 Å². The monoisotopic (exact) mass is 240 g/mol. The molecule has 0 N–H and O–H groups in total. The molecule has 1 heterocycles. The predicted octanol–water partition coefficient (Wildman–Crippen LogP) is 2.55. The van der Waals surface area contributed by atoms with Crippen molar-refractivity contribution in [2.75, 3.05) is 6.61 Å². The first-order chi connectivity index (χ1) is 6.31. The molecule has 0 radical (unpaired) electrons. The number of benzene rings is 1. The Morgan fingerprint density at radius 1 is 1.46 bits per heavy atom. The van der Waals surface area contributed by atoms with Crippen LogP contribution in [0.5, 0.6) is 5.75 Å². The highest BCUT2D eigenvalue weighted by atomic mass is 79.9. The first-order valence-corrected chi connectivity index (χ1v) is 5.28. The van der Waals surface area contributed by atoms with Gasteiger partial charge < -0.3 is 4.74 Å². The lowest BCUT2D eigenvalue weighted by Gasteiger charge is -2.16. The topological polar surface area (TPSA) is 26.3 Å². The largest absolute Gasteiger partial charge is 0.492 e.